The van der Waals surface area contributed by atoms with Crippen molar-refractivity contribution in [2.45, 2.75) is 6.54 Å². The molecule has 2 N–H and O–H groups in total. The van der Waals surface area contributed by atoms with Gasteiger partial charge < -0.3 is 10.2 Å². The molecule has 0 unspecified atom stereocenters. The average Bonchev–Trinajstić information content (AvgIpc) is 2.64. The summed E-state index contributed by atoms with van der Waals surface area (Å²) in [6, 6.07) is 7.91. The van der Waals surface area contributed by atoms with Gasteiger partial charge in [0.15, 0.2) is 23.1 Å². The normalized spacial score (nSPS) is 13.0. The van der Waals surface area contributed by atoms with Crippen molar-refractivity contribution in [1.29, 1.82) is 0 Å². The number of halogens is 2. The number of aromatic hydroxyl groups is 2. The van der Waals surface area contributed by atoms with Crippen molar-refractivity contribution in [2.75, 3.05) is 24.8 Å². The molecule has 0 amide bonds. The minimum atomic E-state index is -0.568. The minimum absolute atomic E-state index is 0.0932. The molecule has 3 rings (SSSR count). The number of phenols is 2. The molecule has 1 aliphatic carbocycles. The highest BCUT2D eigenvalue weighted by Crippen LogP contribution is 2.40. The molecule has 0 saturated heterocycles. The summed E-state index contributed by atoms with van der Waals surface area (Å²) in [5.41, 5.74) is 0.793. The second kappa shape index (κ2) is 7.66. The number of fused-ring (bicyclic) bond motifs is 2. The number of carbonyl (C=O) groups is 2. The van der Waals surface area contributed by atoms with E-state index in [1.807, 2.05) is 4.90 Å². The Balaban J connectivity index is 2.08. The van der Waals surface area contributed by atoms with Crippen LogP contribution in [0.1, 0.15) is 37.4 Å². The number of benzene rings is 2. The van der Waals surface area contributed by atoms with Crippen LogP contribution >= 0.6 is 23.2 Å². The van der Waals surface area contributed by atoms with Crippen molar-refractivity contribution in [3.63, 3.8) is 0 Å². The highest BCUT2D eigenvalue weighted by Gasteiger charge is 2.34. The van der Waals surface area contributed by atoms with Crippen molar-refractivity contribution in [3.05, 3.63) is 58.1 Å². The standard InChI is InChI=1S/C19H17Cl2NO4/c20-5-7-22(8-6-21)10-11-9-14-15(19(26)16(11)23)18(25)13-4-2-1-3-12(13)17(14)24/h1-4,9,23,26H,5-8,10H2. The van der Waals surface area contributed by atoms with Gasteiger partial charge in [-0.1, -0.05) is 24.3 Å². The highest BCUT2D eigenvalue weighted by atomic mass is 35.5. The number of ketones is 2. The third kappa shape index (κ3) is 3.18. The lowest BCUT2D eigenvalue weighted by molar-refractivity contribution is 0.0976. The summed E-state index contributed by atoms with van der Waals surface area (Å²) in [6.45, 7) is 1.30. The van der Waals surface area contributed by atoms with E-state index in [1.54, 1.807) is 18.2 Å². The Morgan fingerprint density at radius 3 is 2.00 bits per heavy atom. The van der Waals surface area contributed by atoms with Crippen LogP contribution in [0.2, 0.25) is 0 Å². The Kier molecular flexibility index (Phi) is 5.51. The SMILES string of the molecule is O=C1c2ccccc2C(=O)c2c1cc(CN(CCCl)CCCl)c(O)c2O. The minimum Gasteiger partial charge on any atom is -0.504 e. The molecule has 26 heavy (non-hydrogen) atoms. The first-order valence-corrected chi connectivity index (χ1v) is 9.17. The molecule has 0 fully saturated rings. The van der Waals surface area contributed by atoms with Crippen molar-refractivity contribution in [1.82, 2.24) is 4.90 Å². The molecule has 5 nitrogen and oxygen atoms in total. The summed E-state index contributed by atoms with van der Waals surface area (Å²) in [5, 5.41) is 20.8. The molecule has 7 heteroatoms. The van der Waals surface area contributed by atoms with Gasteiger partial charge in [0.2, 0.25) is 0 Å². The smallest absolute Gasteiger partial charge is 0.198 e. The number of hydrogen-bond acceptors (Lipinski definition) is 5. The maximum Gasteiger partial charge on any atom is 0.198 e. The molecule has 0 saturated carbocycles. The van der Waals surface area contributed by atoms with Crippen LogP contribution in [0.4, 0.5) is 0 Å². The summed E-state index contributed by atoms with van der Waals surface area (Å²) in [7, 11) is 0. The van der Waals surface area contributed by atoms with E-state index in [0.29, 0.717) is 36.0 Å². The summed E-state index contributed by atoms with van der Waals surface area (Å²) in [6.07, 6.45) is 0. The summed E-state index contributed by atoms with van der Waals surface area (Å²) in [4.78, 5) is 27.4. The predicted molar refractivity (Wildman–Crippen MR) is 99.8 cm³/mol. The van der Waals surface area contributed by atoms with Crippen LogP contribution in [0, 0.1) is 0 Å². The fourth-order valence-corrected chi connectivity index (χ4v) is 3.63. The van der Waals surface area contributed by atoms with Gasteiger partial charge in [0.25, 0.3) is 0 Å². The van der Waals surface area contributed by atoms with E-state index in [1.165, 1.54) is 12.1 Å². The van der Waals surface area contributed by atoms with Gasteiger partial charge in [-0.2, -0.15) is 0 Å². The van der Waals surface area contributed by atoms with Gasteiger partial charge in [-0.05, 0) is 6.07 Å². The van der Waals surface area contributed by atoms with Crippen LogP contribution in [-0.4, -0.2) is 51.5 Å². The van der Waals surface area contributed by atoms with Gasteiger partial charge in [-0.25, -0.2) is 0 Å². The van der Waals surface area contributed by atoms with Crippen LogP contribution in [-0.2, 0) is 6.54 Å². The number of alkyl halides is 2. The Bertz CT molecular complexity index is 876. The zero-order valence-electron chi connectivity index (χ0n) is 13.8. The van der Waals surface area contributed by atoms with E-state index in [-0.39, 0.29) is 29.0 Å². The van der Waals surface area contributed by atoms with Gasteiger partial charge in [-0.15, -0.1) is 23.2 Å². The average molecular weight is 394 g/mol. The summed E-state index contributed by atoms with van der Waals surface area (Å²) < 4.78 is 0. The van der Waals surface area contributed by atoms with Crippen LogP contribution in [0.15, 0.2) is 30.3 Å². The molecule has 0 radical (unpaired) electrons. The first kappa shape index (κ1) is 18.7. The van der Waals surface area contributed by atoms with Crippen molar-refractivity contribution in [3.8, 4) is 11.5 Å². The van der Waals surface area contributed by atoms with Gasteiger partial charge in [0, 0.05) is 53.6 Å². The number of rotatable bonds is 6. The fourth-order valence-electron chi connectivity index (χ4n) is 3.15. The lowest BCUT2D eigenvalue weighted by Crippen LogP contribution is -2.28. The van der Waals surface area contributed by atoms with E-state index in [9.17, 15) is 19.8 Å². The predicted octanol–water partition coefficient (Wildman–Crippen LogP) is 3.15. The quantitative estimate of drug-likeness (QED) is 0.496. The maximum atomic E-state index is 12.8. The molecular weight excluding hydrogens is 377 g/mol. The lowest BCUT2D eigenvalue weighted by atomic mass is 9.82. The fraction of sp³-hybridized carbons (Fsp3) is 0.263. The number of phenolic OH excluding ortho intramolecular Hbond substituents is 2. The molecule has 1 aliphatic rings. The van der Waals surface area contributed by atoms with Crippen molar-refractivity contribution >= 4 is 34.8 Å². The number of carbonyl (C=O) groups excluding carboxylic acids is 2. The molecular formula is C19H17Cl2NO4. The lowest BCUT2D eigenvalue weighted by Gasteiger charge is -2.24. The second-order valence-corrected chi connectivity index (χ2v) is 6.77. The number of hydrogen-bond donors (Lipinski definition) is 2. The molecule has 0 aliphatic heterocycles. The van der Waals surface area contributed by atoms with E-state index in [2.05, 4.69) is 0 Å². The van der Waals surface area contributed by atoms with E-state index < -0.39 is 17.3 Å². The summed E-state index contributed by atoms with van der Waals surface area (Å²) >= 11 is 11.6. The highest BCUT2D eigenvalue weighted by molar-refractivity contribution is 6.29. The monoisotopic (exact) mass is 393 g/mol. The number of nitrogens with zero attached hydrogens (tertiary/aromatic N) is 1. The van der Waals surface area contributed by atoms with Crippen molar-refractivity contribution < 1.29 is 19.8 Å². The van der Waals surface area contributed by atoms with Gasteiger partial charge in [0.1, 0.15) is 0 Å². The topological polar surface area (TPSA) is 77.8 Å². The summed E-state index contributed by atoms with van der Waals surface area (Å²) in [5.74, 6) is -1.06. The third-order valence-electron chi connectivity index (χ3n) is 4.44. The third-order valence-corrected chi connectivity index (χ3v) is 4.77. The van der Waals surface area contributed by atoms with E-state index in [4.69, 9.17) is 23.2 Å². The molecule has 0 bridgehead atoms. The Morgan fingerprint density at radius 1 is 0.846 bits per heavy atom. The van der Waals surface area contributed by atoms with Crippen LogP contribution in [0.3, 0.4) is 0 Å². The first-order valence-electron chi connectivity index (χ1n) is 8.10. The van der Waals surface area contributed by atoms with Crippen LogP contribution in [0.5, 0.6) is 11.5 Å². The van der Waals surface area contributed by atoms with Crippen molar-refractivity contribution in [2.24, 2.45) is 0 Å². The maximum absolute atomic E-state index is 12.8. The van der Waals surface area contributed by atoms with Gasteiger partial charge in [-0.3, -0.25) is 14.5 Å². The molecule has 0 heterocycles. The zero-order valence-corrected chi connectivity index (χ0v) is 15.3. The van der Waals surface area contributed by atoms with Gasteiger partial charge in [0.05, 0.1) is 5.56 Å². The Hall–Kier alpha value is -2.08. The van der Waals surface area contributed by atoms with Gasteiger partial charge >= 0.3 is 0 Å². The largest absolute Gasteiger partial charge is 0.504 e. The first-order chi connectivity index (χ1) is 12.5. The Morgan fingerprint density at radius 2 is 1.42 bits per heavy atom. The molecule has 2 aromatic rings. The van der Waals surface area contributed by atoms with E-state index in [0.717, 1.165) is 0 Å². The van der Waals surface area contributed by atoms with Crippen LogP contribution < -0.4 is 0 Å². The molecule has 0 aromatic heterocycles. The van der Waals surface area contributed by atoms with Crippen LogP contribution in [0.25, 0.3) is 0 Å². The molecule has 0 spiro atoms. The molecule has 0 atom stereocenters. The second-order valence-electron chi connectivity index (χ2n) is 6.01. The Labute approximate surface area is 160 Å². The zero-order chi connectivity index (χ0) is 18.8. The van der Waals surface area contributed by atoms with E-state index >= 15 is 0 Å². The molecule has 2 aromatic carbocycles. The molecule has 136 valence electrons.